The van der Waals surface area contributed by atoms with E-state index in [-0.39, 0.29) is 8.03 Å². The van der Waals surface area contributed by atoms with Crippen LogP contribution in [0.1, 0.15) is 27.4 Å². The molecule has 0 unspecified atom stereocenters. The molecule has 0 radical (unpaired) electrons. The summed E-state index contributed by atoms with van der Waals surface area (Å²) in [6, 6.07) is 3.92. The smallest absolute Gasteiger partial charge is 0.163 e. The highest BCUT2D eigenvalue weighted by atomic mass is 32.1. The van der Waals surface area contributed by atoms with Crippen molar-refractivity contribution in [3.63, 3.8) is 0 Å². The number of nitrogens with one attached hydrogen (secondary N) is 2. The lowest BCUT2D eigenvalue weighted by Crippen LogP contribution is -2.28. The Morgan fingerprint density at radius 1 is 1.62 bits per heavy atom. The van der Waals surface area contributed by atoms with Gasteiger partial charge in [0.05, 0.1) is 11.4 Å². The lowest BCUT2D eigenvalue weighted by Gasteiger charge is -2.26. The molecule has 1 aliphatic heterocycles. The third-order valence-corrected chi connectivity index (χ3v) is 2.68. The topological polar surface area (TPSA) is 98.3 Å². The van der Waals surface area contributed by atoms with Gasteiger partial charge in [0.1, 0.15) is 5.69 Å². The number of hydrogen-bond donors (Lipinski definition) is 4. The lowest BCUT2D eigenvalue weighted by molar-refractivity contribution is 0.318. The Morgan fingerprint density at radius 3 is 2.67 bits per heavy atom. The minimum Gasteiger partial charge on any atom is -0.397 e. The van der Waals surface area contributed by atoms with E-state index in [9.17, 15) is 0 Å². The second kappa shape index (κ2) is 11.0. The molecule has 0 amide bonds. The van der Waals surface area contributed by atoms with Crippen molar-refractivity contribution in [2.75, 3.05) is 31.6 Å². The van der Waals surface area contributed by atoms with Crippen LogP contribution >= 0.6 is 12.2 Å². The van der Waals surface area contributed by atoms with Crippen LogP contribution < -0.4 is 16.0 Å². The summed E-state index contributed by atoms with van der Waals surface area (Å²) in [6.07, 6.45) is 2.55. The summed E-state index contributed by atoms with van der Waals surface area (Å²) in [5, 5.41) is 18.3. The van der Waals surface area contributed by atoms with Crippen molar-refractivity contribution >= 4 is 28.7 Å². The van der Waals surface area contributed by atoms with Crippen LogP contribution in [0.25, 0.3) is 0 Å². The number of rotatable bonds is 1. The second-order valence-corrected chi connectivity index (χ2v) is 4.67. The first-order valence-electron chi connectivity index (χ1n) is 6.85. The molecule has 0 bridgehead atoms. The number of aromatic nitrogens is 1. The van der Waals surface area contributed by atoms with Gasteiger partial charge in [-0.2, -0.15) is 0 Å². The van der Waals surface area contributed by atoms with Gasteiger partial charge in [-0.05, 0) is 38.2 Å². The number of hydrogen-bond acceptors (Lipinski definition) is 5. The van der Waals surface area contributed by atoms with Gasteiger partial charge in [-0.1, -0.05) is 0 Å². The molecule has 1 aromatic heterocycles. The van der Waals surface area contributed by atoms with Gasteiger partial charge in [0.2, 0.25) is 0 Å². The molecule has 21 heavy (non-hydrogen) atoms. The van der Waals surface area contributed by atoms with Crippen LogP contribution in [0.4, 0.5) is 5.69 Å². The van der Waals surface area contributed by atoms with Crippen LogP contribution in [0, 0.1) is 5.41 Å². The van der Waals surface area contributed by atoms with Gasteiger partial charge >= 0.3 is 0 Å². The van der Waals surface area contributed by atoms with E-state index in [0.717, 1.165) is 30.9 Å². The minimum absolute atomic E-state index is 0. The monoisotopic (exact) mass is 313 g/mol. The van der Waals surface area contributed by atoms with E-state index in [1.165, 1.54) is 0 Å². The number of nitrogens with zero attached hydrogens (tertiary/aromatic N) is 2. The molecule has 5 N–H and O–H groups in total. The SMILES string of the molecule is CCNC(N)=S.CCO.CN1CCC(=N)c2ncccc21.[HH]. The van der Waals surface area contributed by atoms with Gasteiger partial charge in [0.15, 0.2) is 5.11 Å². The van der Waals surface area contributed by atoms with E-state index in [4.69, 9.17) is 16.2 Å². The van der Waals surface area contributed by atoms with E-state index < -0.39 is 0 Å². The summed E-state index contributed by atoms with van der Waals surface area (Å²) in [7, 11) is 2.03. The van der Waals surface area contributed by atoms with E-state index >= 15 is 0 Å². The molecule has 0 fully saturated rings. The third kappa shape index (κ3) is 7.57. The fraction of sp³-hybridized carbons (Fsp3) is 0.500. The largest absolute Gasteiger partial charge is 0.397 e. The fourth-order valence-electron chi connectivity index (χ4n) is 1.63. The molecule has 7 heteroatoms. The second-order valence-electron chi connectivity index (χ2n) is 4.23. The Balaban J connectivity index is 0. The highest BCUT2D eigenvalue weighted by Crippen LogP contribution is 2.22. The van der Waals surface area contributed by atoms with Gasteiger partial charge in [-0.25, -0.2) is 0 Å². The van der Waals surface area contributed by atoms with Crippen molar-refractivity contribution in [1.29, 1.82) is 5.41 Å². The van der Waals surface area contributed by atoms with Gasteiger partial charge < -0.3 is 26.5 Å². The Hall–Kier alpha value is -1.73. The number of anilines is 1. The average Bonchev–Trinajstić information content (AvgIpc) is 2.45. The van der Waals surface area contributed by atoms with Crippen molar-refractivity contribution in [2.45, 2.75) is 20.3 Å². The first-order chi connectivity index (χ1) is 9.97. The molecule has 0 saturated carbocycles. The molecule has 0 atom stereocenters. The summed E-state index contributed by atoms with van der Waals surface area (Å²) >= 11 is 4.46. The molecule has 1 aliphatic rings. The highest BCUT2D eigenvalue weighted by Gasteiger charge is 2.17. The molecule has 6 nitrogen and oxygen atoms in total. The average molecular weight is 313 g/mol. The van der Waals surface area contributed by atoms with E-state index in [1.54, 1.807) is 13.1 Å². The van der Waals surface area contributed by atoms with Crippen LogP contribution in [0.5, 0.6) is 0 Å². The van der Waals surface area contributed by atoms with Crippen LogP contribution in [0.15, 0.2) is 18.3 Å². The summed E-state index contributed by atoms with van der Waals surface area (Å²) in [5.41, 5.74) is 7.60. The minimum atomic E-state index is 0. The molecule has 0 aromatic carbocycles. The zero-order valence-electron chi connectivity index (χ0n) is 12.9. The normalized spacial score (nSPS) is 12.2. The van der Waals surface area contributed by atoms with Crippen molar-refractivity contribution in [2.24, 2.45) is 5.73 Å². The molecule has 0 spiro atoms. The van der Waals surface area contributed by atoms with Crippen molar-refractivity contribution < 1.29 is 6.53 Å². The van der Waals surface area contributed by atoms with Gasteiger partial charge in [0.25, 0.3) is 0 Å². The maximum Gasteiger partial charge on any atom is 0.163 e. The van der Waals surface area contributed by atoms with E-state index in [0.29, 0.717) is 10.8 Å². The standard InChI is InChI=1S/C9H11N3.C3H8N2S.C2H6O.H2/c1-12-6-4-7(10)9-8(12)3-2-5-11-9;1-2-5-3(4)6;1-2-3;/h2-3,5,10H,4,6H2,1H3;2H2,1H3,(H3,4,5,6);3H,2H2,1H3;1H. The van der Waals surface area contributed by atoms with Gasteiger partial charge in [-0.3, -0.25) is 4.98 Å². The molecule has 1 aromatic rings. The predicted octanol–water partition coefficient (Wildman–Crippen LogP) is 1.37. The summed E-state index contributed by atoms with van der Waals surface area (Å²) in [6.45, 7) is 5.62. The van der Waals surface area contributed by atoms with Crippen LogP contribution in [-0.4, -0.2) is 47.7 Å². The lowest BCUT2D eigenvalue weighted by atomic mass is 10.1. The first kappa shape index (κ1) is 19.3. The Labute approximate surface area is 133 Å². The summed E-state index contributed by atoms with van der Waals surface area (Å²) in [4.78, 5) is 6.32. The molecular formula is C14H27N5OS. The predicted molar refractivity (Wildman–Crippen MR) is 94.3 cm³/mol. The molecule has 0 aliphatic carbocycles. The molecule has 2 heterocycles. The number of nitrogens with two attached hydrogens (primary N) is 1. The van der Waals surface area contributed by atoms with E-state index in [1.807, 2.05) is 26.1 Å². The third-order valence-electron chi connectivity index (χ3n) is 2.53. The molecule has 0 saturated heterocycles. The Bertz CT molecular complexity index is 459. The van der Waals surface area contributed by atoms with E-state index in [2.05, 4.69) is 27.4 Å². The van der Waals surface area contributed by atoms with Crippen LogP contribution in [0.3, 0.4) is 0 Å². The van der Waals surface area contributed by atoms with Gasteiger partial charge in [0, 0.05) is 40.8 Å². The number of pyridine rings is 1. The van der Waals surface area contributed by atoms with Crippen molar-refractivity contribution in [3.8, 4) is 0 Å². The molecular weight excluding hydrogens is 286 g/mol. The van der Waals surface area contributed by atoms with Crippen LogP contribution in [0.2, 0.25) is 0 Å². The number of aliphatic hydroxyl groups excluding tert-OH is 1. The van der Waals surface area contributed by atoms with Crippen molar-refractivity contribution in [1.82, 2.24) is 10.3 Å². The summed E-state index contributed by atoms with van der Waals surface area (Å²) in [5.74, 6) is 0. The summed E-state index contributed by atoms with van der Waals surface area (Å²) < 4.78 is 0. The highest BCUT2D eigenvalue weighted by molar-refractivity contribution is 7.80. The maximum absolute atomic E-state index is 7.67. The van der Waals surface area contributed by atoms with Gasteiger partial charge in [-0.15, -0.1) is 0 Å². The molecule has 2 rings (SSSR count). The quantitative estimate of drug-likeness (QED) is 0.585. The maximum atomic E-state index is 7.67. The zero-order chi connectivity index (χ0) is 16.3. The number of thiocarbonyl (C=S) groups is 1. The fourth-order valence-corrected chi connectivity index (χ4v) is 1.77. The number of fused-ring (bicyclic) bond motifs is 1. The zero-order valence-corrected chi connectivity index (χ0v) is 13.7. The Kier molecular flexibility index (Phi) is 10.1. The first-order valence-corrected chi connectivity index (χ1v) is 7.26. The molecule has 120 valence electrons. The number of aliphatic hydroxyl groups is 1. The van der Waals surface area contributed by atoms with Crippen LogP contribution in [-0.2, 0) is 0 Å². The Morgan fingerprint density at radius 2 is 2.24 bits per heavy atom. The van der Waals surface area contributed by atoms with Crippen molar-refractivity contribution in [3.05, 3.63) is 24.0 Å².